The number of para-hydroxylation sites is 2. The quantitative estimate of drug-likeness (QED) is 0.741. The fourth-order valence-corrected chi connectivity index (χ4v) is 4.23. The molecule has 1 aliphatic rings. The second-order valence-corrected chi connectivity index (χ2v) is 7.58. The number of aliphatic carboxylic acids is 1. The predicted octanol–water partition coefficient (Wildman–Crippen LogP) is 4.03. The Hall–Kier alpha value is -2.73. The van der Waals surface area contributed by atoms with Crippen LogP contribution in [0.25, 0.3) is 11.0 Å². The van der Waals surface area contributed by atoms with Crippen LogP contribution in [0, 0.1) is 12.7 Å². The van der Waals surface area contributed by atoms with Crippen LogP contribution in [0.4, 0.5) is 4.39 Å². The fraction of sp³-hybridized carbons (Fsp3) is 0.364. The first-order valence-electron chi connectivity index (χ1n) is 9.60. The maximum Gasteiger partial charge on any atom is 0.325 e. The van der Waals surface area contributed by atoms with Crippen molar-refractivity contribution in [2.75, 3.05) is 13.1 Å². The van der Waals surface area contributed by atoms with Crippen molar-refractivity contribution in [2.45, 2.75) is 31.7 Å². The van der Waals surface area contributed by atoms with Crippen LogP contribution in [0.5, 0.6) is 0 Å². The van der Waals surface area contributed by atoms with Crippen LogP contribution in [0.1, 0.15) is 41.8 Å². The minimum absolute atomic E-state index is 0.290. The number of halogens is 1. The summed E-state index contributed by atoms with van der Waals surface area (Å²) in [6.45, 7) is 2.96. The molecule has 0 bridgehead atoms. The average molecular weight is 381 g/mol. The summed E-state index contributed by atoms with van der Waals surface area (Å²) in [7, 11) is 2.03. The van der Waals surface area contributed by atoms with Crippen LogP contribution in [-0.2, 0) is 11.8 Å². The van der Waals surface area contributed by atoms with Crippen LogP contribution in [0.15, 0.2) is 42.5 Å². The lowest BCUT2D eigenvalue weighted by atomic mass is 9.93. The zero-order chi connectivity index (χ0) is 19.8. The van der Waals surface area contributed by atoms with E-state index in [4.69, 9.17) is 4.98 Å². The summed E-state index contributed by atoms with van der Waals surface area (Å²) in [6, 6.07) is 12.0. The van der Waals surface area contributed by atoms with E-state index in [0.717, 1.165) is 29.7 Å². The maximum absolute atomic E-state index is 14.0. The van der Waals surface area contributed by atoms with Gasteiger partial charge in [-0.3, -0.25) is 9.69 Å². The van der Waals surface area contributed by atoms with E-state index in [-0.39, 0.29) is 11.7 Å². The summed E-state index contributed by atoms with van der Waals surface area (Å²) in [6.07, 6.45) is 1.66. The first kappa shape index (κ1) is 18.6. The van der Waals surface area contributed by atoms with Gasteiger partial charge in [-0.2, -0.15) is 0 Å². The number of piperidine rings is 1. The Bertz CT molecular complexity index is 1020. The van der Waals surface area contributed by atoms with Crippen molar-refractivity contribution in [3.63, 3.8) is 0 Å². The number of carboxylic acids is 1. The summed E-state index contributed by atoms with van der Waals surface area (Å²) < 4.78 is 16.1. The largest absolute Gasteiger partial charge is 0.480 e. The molecule has 0 aliphatic carbocycles. The summed E-state index contributed by atoms with van der Waals surface area (Å²) in [4.78, 5) is 18.7. The highest BCUT2D eigenvalue weighted by molar-refractivity contribution is 5.76. The van der Waals surface area contributed by atoms with E-state index in [1.54, 1.807) is 19.1 Å². The van der Waals surface area contributed by atoms with Crippen molar-refractivity contribution in [2.24, 2.45) is 7.05 Å². The van der Waals surface area contributed by atoms with Crippen molar-refractivity contribution in [3.8, 4) is 0 Å². The van der Waals surface area contributed by atoms with Gasteiger partial charge in [-0.15, -0.1) is 0 Å². The fourth-order valence-electron chi connectivity index (χ4n) is 4.23. The highest BCUT2D eigenvalue weighted by atomic mass is 19.1. The van der Waals surface area contributed by atoms with E-state index in [0.29, 0.717) is 24.2 Å². The monoisotopic (exact) mass is 381 g/mol. The van der Waals surface area contributed by atoms with Crippen LogP contribution < -0.4 is 0 Å². The van der Waals surface area contributed by atoms with Gasteiger partial charge in [0.15, 0.2) is 0 Å². The van der Waals surface area contributed by atoms with Gasteiger partial charge >= 0.3 is 5.97 Å². The zero-order valence-electron chi connectivity index (χ0n) is 16.1. The molecule has 1 N–H and O–H groups in total. The molecule has 1 saturated heterocycles. The number of hydrogen-bond acceptors (Lipinski definition) is 3. The van der Waals surface area contributed by atoms with Crippen molar-refractivity contribution in [3.05, 3.63) is 65.2 Å². The van der Waals surface area contributed by atoms with Crippen LogP contribution >= 0.6 is 0 Å². The van der Waals surface area contributed by atoms with Crippen LogP contribution in [0.2, 0.25) is 0 Å². The highest BCUT2D eigenvalue weighted by Gasteiger charge is 2.33. The molecule has 0 radical (unpaired) electrons. The molecule has 146 valence electrons. The lowest BCUT2D eigenvalue weighted by Crippen LogP contribution is -2.40. The normalized spacial score (nSPS) is 17.1. The van der Waals surface area contributed by atoms with Crippen molar-refractivity contribution in [1.29, 1.82) is 0 Å². The van der Waals surface area contributed by atoms with Crippen molar-refractivity contribution < 1.29 is 14.3 Å². The van der Waals surface area contributed by atoms with Gasteiger partial charge < -0.3 is 9.67 Å². The molecule has 0 saturated carbocycles. The van der Waals surface area contributed by atoms with E-state index in [2.05, 4.69) is 10.6 Å². The molecular weight excluding hydrogens is 357 g/mol. The Morgan fingerprint density at radius 2 is 1.93 bits per heavy atom. The zero-order valence-corrected chi connectivity index (χ0v) is 16.1. The molecule has 28 heavy (non-hydrogen) atoms. The summed E-state index contributed by atoms with van der Waals surface area (Å²) in [5, 5.41) is 9.78. The lowest BCUT2D eigenvalue weighted by molar-refractivity contribution is -0.144. The number of aryl methyl sites for hydroxylation is 2. The second kappa shape index (κ2) is 7.36. The Labute approximate surface area is 163 Å². The van der Waals surface area contributed by atoms with Gasteiger partial charge in [0.05, 0.1) is 11.0 Å². The minimum Gasteiger partial charge on any atom is -0.480 e. The summed E-state index contributed by atoms with van der Waals surface area (Å²) in [5.74, 6) is 0.0368. The Kier molecular flexibility index (Phi) is 4.89. The topological polar surface area (TPSA) is 58.4 Å². The molecule has 2 heterocycles. The van der Waals surface area contributed by atoms with Crippen LogP contribution in [0.3, 0.4) is 0 Å². The molecule has 3 aromatic rings. The number of aromatic nitrogens is 2. The number of carboxylic acid groups (broad SMARTS) is 1. The minimum atomic E-state index is -0.940. The Morgan fingerprint density at radius 3 is 2.57 bits per heavy atom. The summed E-state index contributed by atoms with van der Waals surface area (Å²) in [5.41, 5.74) is 3.12. The predicted molar refractivity (Wildman–Crippen MR) is 106 cm³/mol. The molecule has 2 aromatic carbocycles. The average Bonchev–Trinajstić information content (AvgIpc) is 3.02. The molecule has 6 heteroatoms. The van der Waals surface area contributed by atoms with Gasteiger partial charge in [0.25, 0.3) is 0 Å². The molecule has 1 unspecified atom stereocenters. The molecule has 0 spiro atoms. The van der Waals surface area contributed by atoms with Crippen molar-refractivity contribution in [1.82, 2.24) is 14.5 Å². The molecule has 5 nitrogen and oxygen atoms in total. The van der Waals surface area contributed by atoms with Gasteiger partial charge in [0.1, 0.15) is 17.7 Å². The van der Waals surface area contributed by atoms with Gasteiger partial charge in [0.2, 0.25) is 0 Å². The lowest BCUT2D eigenvalue weighted by Gasteiger charge is -2.35. The van der Waals surface area contributed by atoms with E-state index in [1.165, 1.54) is 6.07 Å². The molecule has 1 atom stereocenters. The van der Waals surface area contributed by atoms with E-state index >= 15 is 0 Å². The molecule has 1 fully saturated rings. The van der Waals surface area contributed by atoms with Gasteiger partial charge in [-0.1, -0.05) is 24.3 Å². The number of benzene rings is 2. The van der Waals surface area contributed by atoms with Crippen LogP contribution in [-0.4, -0.2) is 38.6 Å². The van der Waals surface area contributed by atoms with Gasteiger partial charge in [-0.05, 0) is 62.2 Å². The van der Waals surface area contributed by atoms with E-state index in [1.807, 2.05) is 30.1 Å². The second-order valence-electron chi connectivity index (χ2n) is 7.58. The number of likely N-dealkylation sites (tertiary alicyclic amines) is 1. The molecule has 1 aliphatic heterocycles. The third-order valence-corrected chi connectivity index (χ3v) is 5.83. The SMILES string of the molecule is Cc1ccc(C(C(=O)O)N2CCC(c3nc4ccccc4n3C)CC2)cc1F. The number of hydrogen-bond donors (Lipinski definition) is 1. The number of nitrogens with zero attached hydrogens (tertiary/aromatic N) is 3. The summed E-state index contributed by atoms with van der Waals surface area (Å²) >= 11 is 0. The molecular formula is C22H24FN3O2. The third kappa shape index (κ3) is 3.29. The number of carbonyl (C=O) groups is 1. The third-order valence-electron chi connectivity index (χ3n) is 5.83. The molecule has 1 aromatic heterocycles. The standard InChI is InChI=1S/C22H24FN3O2/c1-14-7-8-16(13-17(14)23)20(22(27)28)26-11-9-15(10-12-26)21-24-18-5-3-4-6-19(18)25(21)2/h3-8,13,15,20H,9-12H2,1-2H3,(H,27,28). The first-order chi connectivity index (χ1) is 13.5. The maximum atomic E-state index is 14.0. The Morgan fingerprint density at radius 1 is 1.21 bits per heavy atom. The number of imidazole rings is 1. The smallest absolute Gasteiger partial charge is 0.325 e. The molecule has 4 rings (SSSR count). The first-order valence-corrected chi connectivity index (χ1v) is 9.60. The number of rotatable bonds is 4. The van der Waals surface area contributed by atoms with Crippen molar-refractivity contribution >= 4 is 17.0 Å². The highest BCUT2D eigenvalue weighted by Crippen LogP contribution is 2.33. The van der Waals surface area contributed by atoms with E-state index in [9.17, 15) is 14.3 Å². The molecule has 0 amide bonds. The Balaban J connectivity index is 1.54. The van der Waals surface area contributed by atoms with Gasteiger partial charge in [0, 0.05) is 13.0 Å². The van der Waals surface area contributed by atoms with E-state index < -0.39 is 12.0 Å². The van der Waals surface area contributed by atoms with Gasteiger partial charge in [-0.25, -0.2) is 9.37 Å². The number of fused-ring (bicyclic) bond motifs is 1.